The first-order valence-electron chi connectivity index (χ1n) is 15.0. The maximum atomic E-state index is 14.9. The summed E-state index contributed by atoms with van der Waals surface area (Å²) < 4.78 is 176. The van der Waals surface area contributed by atoms with Gasteiger partial charge in [0.25, 0.3) is 0 Å². The van der Waals surface area contributed by atoms with E-state index in [4.69, 9.17) is 23.7 Å². The summed E-state index contributed by atoms with van der Waals surface area (Å²) in [6, 6.07) is 0. The number of ether oxygens (including phenoxy) is 6. The fourth-order valence-corrected chi connectivity index (χ4v) is 5.97. The Morgan fingerprint density at radius 2 is 1.60 bits per heavy atom. The lowest BCUT2D eigenvalue weighted by atomic mass is 10.1. The number of carbonyl (C=O) groups is 1. The van der Waals surface area contributed by atoms with Crippen molar-refractivity contribution in [2.45, 2.75) is 138 Å². The summed E-state index contributed by atoms with van der Waals surface area (Å²) in [6.07, 6.45) is -21.1. The molecule has 3 aliphatic heterocycles. The number of amides is 1. The van der Waals surface area contributed by atoms with E-state index in [2.05, 4.69) is 26.5 Å². The monoisotopic (exact) mass is 733 g/mol. The van der Waals surface area contributed by atoms with E-state index in [1.807, 2.05) is 0 Å². The molecule has 0 aromatic carbocycles. The van der Waals surface area contributed by atoms with Gasteiger partial charge in [-0.3, -0.25) is 8.98 Å². The van der Waals surface area contributed by atoms with Crippen LogP contribution >= 0.6 is 0 Å². The van der Waals surface area contributed by atoms with Crippen molar-refractivity contribution in [2.24, 2.45) is 0 Å². The second-order valence-electron chi connectivity index (χ2n) is 12.3. The Bertz CT molecular complexity index is 1290. The lowest BCUT2D eigenvalue weighted by molar-refractivity contribution is -0.456. The third kappa shape index (κ3) is 9.45. The lowest BCUT2D eigenvalue weighted by Gasteiger charge is -2.33. The Balaban J connectivity index is 1.64. The summed E-state index contributed by atoms with van der Waals surface area (Å²) >= 11 is 0. The number of alkyl halides is 8. The summed E-state index contributed by atoms with van der Waals surface area (Å²) in [5.41, 5.74) is 2.57. The van der Waals surface area contributed by atoms with Gasteiger partial charge in [0.15, 0.2) is 17.9 Å². The topological polar surface area (TPSA) is 128 Å². The maximum Gasteiger partial charge on any atom is 0.460 e. The Labute approximate surface area is 272 Å². The van der Waals surface area contributed by atoms with Gasteiger partial charge in [0, 0.05) is 19.4 Å². The molecule has 3 saturated heterocycles. The van der Waals surface area contributed by atoms with E-state index in [-0.39, 0.29) is 19.6 Å². The molecular formula is C28H39F8NO10S. The van der Waals surface area contributed by atoms with Gasteiger partial charge in [-0.2, -0.15) is 43.5 Å². The highest BCUT2D eigenvalue weighted by atomic mass is 32.2. The molecular weight excluding hydrogens is 694 g/mol. The van der Waals surface area contributed by atoms with E-state index in [0.29, 0.717) is 19.3 Å². The predicted octanol–water partition coefficient (Wildman–Crippen LogP) is 5.35. The molecule has 3 rings (SSSR count). The molecule has 0 bridgehead atoms. The smallest absolute Gasteiger partial charge is 0.356 e. The number of hydrogen-bond donors (Lipinski definition) is 1. The lowest BCUT2D eigenvalue weighted by Crippen LogP contribution is -2.57. The minimum Gasteiger partial charge on any atom is -0.356 e. The van der Waals surface area contributed by atoms with E-state index < -0.39 is 101 Å². The van der Waals surface area contributed by atoms with Gasteiger partial charge < -0.3 is 29.0 Å². The number of halogens is 8. The summed E-state index contributed by atoms with van der Waals surface area (Å²) in [4.78, 5) is 11.8. The average molecular weight is 734 g/mol. The molecule has 0 radical (unpaired) electrons. The molecule has 48 heavy (non-hydrogen) atoms. The van der Waals surface area contributed by atoms with Crippen LogP contribution in [0.2, 0.25) is 0 Å². The van der Waals surface area contributed by atoms with Crippen molar-refractivity contribution in [1.82, 2.24) is 5.32 Å². The maximum absolute atomic E-state index is 14.9. The second kappa shape index (κ2) is 14.8. The third-order valence-electron chi connectivity index (χ3n) is 7.38. The van der Waals surface area contributed by atoms with E-state index >= 15 is 0 Å². The Morgan fingerprint density at radius 1 is 0.938 bits per heavy atom. The molecule has 278 valence electrons. The van der Waals surface area contributed by atoms with Gasteiger partial charge in [0.1, 0.15) is 24.4 Å². The van der Waals surface area contributed by atoms with Crippen LogP contribution in [-0.2, 0) is 47.5 Å². The Kier molecular flexibility index (Phi) is 12.5. The molecule has 0 saturated carbocycles. The third-order valence-corrected chi connectivity index (χ3v) is 8.72. The van der Waals surface area contributed by atoms with Crippen LogP contribution in [0.5, 0.6) is 0 Å². The van der Waals surface area contributed by atoms with Crippen LogP contribution in [0, 0.1) is 0 Å². The summed E-state index contributed by atoms with van der Waals surface area (Å²) in [6.45, 7) is 8.86. The van der Waals surface area contributed by atoms with E-state index in [0.717, 1.165) is 0 Å². The van der Waals surface area contributed by atoms with Crippen LogP contribution < -0.4 is 5.32 Å². The van der Waals surface area contributed by atoms with Crippen LogP contribution in [-0.4, -0.2) is 93.2 Å². The fourth-order valence-electron chi connectivity index (χ4n) is 5.01. The number of allylic oxidation sites excluding steroid dienone is 1. The molecule has 3 fully saturated rings. The number of unbranched alkanes of at least 4 members (excludes halogenated alkanes) is 3. The normalized spacial score (nSPS) is 27.5. The van der Waals surface area contributed by atoms with Gasteiger partial charge >= 0.3 is 33.5 Å². The zero-order valence-corrected chi connectivity index (χ0v) is 27.4. The molecule has 20 heteroatoms. The minimum absolute atomic E-state index is 0.247. The highest BCUT2D eigenvalue weighted by Crippen LogP contribution is 2.50. The molecule has 5 atom stereocenters. The number of carbonyl (C=O) groups excluding carboxylic acids is 1. The summed E-state index contributed by atoms with van der Waals surface area (Å²) in [7, 11) is -6.98. The Morgan fingerprint density at radius 3 is 2.21 bits per heavy atom. The SMILES string of the molecule is C=C=CCCCCNC(=O)CCCCC(F)(F)C(F)(F)OC(F)(F)C(F)(F)S(=O)(=O)OC1[C@@H](C2COC(C)(C)O2)O[C@@H]2OC(C)(C)O[C@@H]12. The number of nitrogens with one attached hydrogen (secondary N) is 1. The molecule has 0 aromatic heterocycles. The van der Waals surface area contributed by atoms with Crippen LogP contribution in [0.1, 0.15) is 72.6 Å². The van der Waals surface area contributed by atoms with Gasteiger partial charge in [-0.25, -0.2) is 4.74 Å². The van der Waals surface area contributed by atoms with E-state index in [1.54, 1.807) is 6.08 Å². The van der Waals surface area contributed by atoms with Crippen molar-refractivity contribution in [3.05, 3.63) is 18.4 Å². The molecule has 3 aliphatic rings. The molecule has 0 spiro atoms. The van der Waals surface area contributed by atoms with Gasteiger partial charge in [-0.15, -0.1) is 5.73 Å². The summed E-state index contributed by atoms with van der Waals surface area (Å²) in [5.74, 6) is -8.84. The Hall–Kier alpha value is -1.90. The molecule has 1 N–H and O–H groups in total. The number of fused-ring (bicyclic) bond motifs is 1. The van der Waals surface area contributed by atoms with Crippen molar-refractivity contribution >= 4 is 16.0 Å². The van der Waals surface area contributed by atoms with Gasteiger partial charge in [-0.1, -0.05) is 6.58 Å². The van der Waals surface area contributed by atoms with Crippen LogP contribution in [0.15, 0.2) is 18.4 Å². The zero-order chi connectivity index (χ0) is 36.4. The highest BCUT2D eigenvalue weighted by molar-refractivity contribution is 7.87. The summed E-state index contributed by atoms with van der Waals surface area (Å²) in [5, 5.41) is -4.17. The molecule has 11 nitrogen and oxygen atoms in total. The molecule has 0 aliphatic carbocycles. The van der Waals surface area contributed by atoms with Gasteiger partial charge in [0.05, 0.1) is 6.61 Å². The van der Waals surface area contributed by atoms with E-state index in [1.165, 1.54) is 27.7 Å². The minimum atomic E-state index is -6.98. The van der Waals surface area contributed by atoms with Crippen LogP contribution in [0.4, 0.5) is 35.1 Å². The number of rotatable bonds is 18. The molecule has 3 heterocycles. The first-order valence-corrected chi connectivity index (χ1v) is 16.4. The predicted molar refractivity (Wildman–Crippen MR) is 147 cm³/mol. The van der Waals surface area contributed by atoms with Crippen molar-refractivity contribution in [3.8, 4) is 0 Å². The standard InChI is InChI=1S/C28H39F8NO10S/c1-6-7-8-9-12-15-37-18(38)13-10-11-14-25(29,30)26(31,32)47-27(33,34)28(35,36)48(39,40)46-20-19(17-16-41-23(2,3)43-17)42-22-21(20)44-24(4,5)45-22/h7,17,19-22H,1,8-16H2,2-5H3,(H,37,38)/t17?,19-,20?,21+,22-/m1/s1. The van der Waals surface area contributed by atoms with Crippen molar-refractivity contribution in [3.63, 3.8) is 0 Å². The van der Waals surface area contributed by atoms with Crippen molar-refractivity contribution in [2.75, 3.05) is 13.2 Å². The van der Waals surface area contributed by atoms with E-state index in [9.17, 15) is 48.3 Å². The molecule has 0 aromatic rings. The largest absolute Gasteiger partial charge is 0.460 e. The fraction of sp³-hybridized carbons (Fsp3) is 0.857. The second-order valence-corrected chi connectivity index (χ2v) is 13.9. The van der Waals surface area contributed by atoms with Crippen molar-refractivity contribution in [1.29, 1.82) is 0 Å². The van der Waals surface area contributed by atoms with Crippen LogP contribution in [0.25, 0.3) is 0 Å². The van der Waals surface area contributed by atoms with Gasteiger partial charge in [0.2, 0.25) is 5.91 Å². The first-order chi connectivity index (χ1) is 21.9. The molecule has 1 amide bonds. The quantitative estimate of drug-likeness (QED) is 0.0853. The highest BCUT2D eigenvalue weighted by Gasteiger charge is 2.75. The zero-order valence-electron chi connectivity index (χ0n) is 26.5. The van der Waals surface area contributed by atoms with Crippen molar-refractivity contribution < 1.29 is 80.9 Å². The first kappa shape index (κ1) is 40.5. The molecule has 2 unspecified atom stereocenters. The van der Waals surface area contributed by atoms with Crippen LogP contribution in [0.3, 0.4) is 0 Å². The van der Waals surface area contributed by atoms with Gasteiger partial charge in [-0.05, 0) is 65.9 Å². The average Bonchev–Trinajstić information content (AvgIpc) is 3.56. The number of hydrogen-bond acceptors (Lipinski definition) is 10.